The van der Waals surface area contributed by atoms with Crippen LogP contribution in [0.1, 0.15) is 0 Å². The second-order valence-electron chi connectivity index (χ2n) is 2.61. The quantitative estimate of drug-likeness (QED) is 0.473. The van der Waals surface area contributed by atoms with Gasteiger partial charge in [0.2, 0.25) is 0 Å². The molecule has 0 bridgehead atoms. The lowest BCUT2D eigenvalue weighted by Gasteiger charge is -2.01. The molecule has 2 rings (SSSR count). The van der Waals surface area contributed by atoms with E-state index in [0.29, 0.717) is 0 Å². The topological polar surface area (TPSA) is 36.4 Å². The molecule has 10 heavy (non-hydrogen) atoms. The van der Waals surface area contributed by atoms with Crippen molar-refractivity contribution < 1.29 is 0 Å². The highest BCUT2D eigenvalue weighted by Gasteiger charge is 2.23. The van der Waals surface area contributed by atoms with Crippen LogP contribution in [0.3, 0.4) is 0 Å². The zero-order chi connectivity index (χ0) is 6.97. The fraction of sp³-hybridized carbons (Fsp3) is 0.571. The summed E-state index contributed by atoms with van der Waals surface area (Å²) < 4.78 is 0. The first kappa shape index (κ1) is 5.92. The largest absolute Gasteiger partial charge is 0.366 e. The Hall–Kier alpha value is -0.830. The van der Waals surface area contributed by atoms with Crippen molar-refractivity contribution in [3.05, 3.63) is 11.1 Å². The normalized spacial score (nSPS) is 27.5. The minimum Gasteiger partial charge on any atom is -0.366 e. The third-order valence-electron chi connectivity index (χ3n) is 2.05. The smallest absolute Gasteiger partial charge is 0.125 e. The first-order chi connectivity index (χ1) is 4.92. The third kappa shape index (κ3) is 0.671. The van der Waals surface area contributed by atoms with Crippen LogP contribution in [0.15, 0.2) is 16.1 Å². The molecule has 54 valence electrons. The second kappa shape index (κ2) is 2.09. The summed E-state index contributed by atoms with van der Waals surface area (Å²) >= 11 is 0. The van der Waals surface area contributed by atoms with Crippen LogP contribution >= 0.6 is 0 Å². The summed E-state index contributed by atoms with van der Waals surface area (Å²) in [7, 11) is 1.83. The van der Waals surface area contributed by atoms with Crippen LogP contribution in [0.5, 0.6) is 0 Å². The molecular formula is C7H11N3. The Morgan fingerprint density at radius 1 is 1.30 bits per heavy atom. The van der Waals surface area contributed by atoms with E-state index in [9.17, 15) is 0 Å². The summed E-state index contributed by atoms with van der Waals surface area (Å²) in [4.78, 5) is 4.14. The molecule has 0 aromatic carbocycles. The van der Waals surface area contributed by atoms with Gasteiger partial charge in [-0.3, -0.25) is 4.99 Å². The Morgan fingerprint density at radius 3 is 3.00 bits per heavy atom. The van der Waals surface area contributed by atoms with Gasteiger partial charge < -0.3 is 10.6 Å². The van der Waals surface area contributed by atoms with Gasteiger partial charge in [0.25, 0.3) is 0 Å². The van der Waals surface area contributed by atoms with Gasteiger partial charge >= 0.3 is 0 Å². The molecule has 2 aliphatic heterocycles. The number of nitrogens with zero attached hydrogens (tertiary/aromatic N) is 1. The summed E-state index contributed by atoms with van der Waals surface area (Å²) in [5.74, 6) is 1.08. The van der Waals surface area contributed by atoms with Crippen molar-refractivity contribution >= 4 is 5.84 Å². The lowest BCUT2D eigenvalue weighted by atomic mass is 10.2. The highest BCUT2D eigenvalue weighted by Crippen LogP contribution is 2.14. The molecule has 0 unspecified atom stereocenters. The molecule has 2 heterocycles. The van der Waals surface area contributed by atoms with E-state index in [-0.39, 0.29) is 0 Å². The monoisotopic (exact) mass is 137 g/mol. The highest BCUT2D eigenvalue weighted by atomic mass is 15.1. The van der Waals surface area contributed by atoms with Crippen molar-refractivity contribution in [1.29, 1.82) is 0 Å². The first-order valence-electron chi connectivity index (χ1n) is 3.54. The van der Waals surface area contributed by atoms with E-state index in [1.165, 1.54) is 11.1 Å². The second-order valence-corrected chi connectivity index (χ2v) is 2.61. The van der Waals surface area contributed by atoms with Crippen molar-refractivity contribution in [1.82, 2.24) is 10.6 Å². The van der Waals surface area contributed by atoms with E-state index in [1.54, 1.807) is 0 Å². The van der Waals surface area contributed by atoms with Gasteiger partial charge in [0.05, 0.1) is 0 Å². The maximum atomic E-state index is 4.14. The molecular weight excluding hydrogens is 126 g/mol. The van der Waals surface area contributed by atoms with Gasteiger partial charge in [-0.1, -0.05) is 0 Å². The molecule has 2 aliphatic rings. The fourth-order valence-electron chi connectivity index (χ4n) is 1.50. The van der Waals surface area contributed by atoms with Gasteiger partial charge in [-0.2, -0.15) is 0 Å². The minimum absolute atomic E-state index is 0.995. The Kier molecular flexibility index (Phi) is 1.24. The van der Waals surface area contributed by atoms with Crippen molar-refractivity contribution in [2.75, 3.05) is 26.7 Å². The Balaban J connectivity index is 2.32. The van der Waals surface area contributed by atoms with E-state index in [1.807, 2.05) is 7.05 Å². The van der Waals surface area contributed by atoms with Crippen molar-refractivity contribution in [3.63, 3.8) is 0 Å². The highest BCUT2D eigenvalue weighted by molar-refractivity contribution is 6.02. The van der Waals surface area contributed by atoms with Crippen molar-refractivity contribution in [2.24, 2.45) is 4.99 Å². The number of nitrogens with one attached hydrogen (secondary N) is 2. The molecule has 0 atom stereocenters. The Bertz CT molecular complexity index is 215. The molecule has 0 spiro atoms. The molecule has 0 aliphatic carbocycles. The Morgan fingerprint density at radius 2 is 2.20 bits per heavy atom. The molecule has 0 aromatic rings. The summed E-state index contributed by atoms with van der Waals surface area (Å²) in [6.07, 6.45) is 0. The first-order valence-corrected chi connectivity index (χ1v) is 3.54. The van der Waals surface area contributed by atoms with E-state index < -0.39 is 0 Å². The number of rotatable bonds is 0. The number of hydrogen-bond acceptors (Lipinski definition) is 2. The lowest BCUT2D eigenvalue weighted by Crippen LogP contribution is -2.25. The van der Waals surface area contributed by atoms with E-state index in [4.69, 9.17) is 0 Å². The SMILES string of the molecule is CN=C1NCC2=C1CNC2. The van der Waals surface area contributed by atoms with Gasteiger partial charge in [0.1, 0.15) is 5.84 Å². The van der Waals surface area contributed by atoms with Crippen LogP contribution in [0.25, 0.3) is 0 Å². The van der Waals surface area contributed by atoms with Crippen molar-refractivity contribution in [3.8, 4) is 0 Å². The molecule has 2 N–H and O–H groups in total. The average Bonchev–Trinajstić information content (AvgIpc) is 2.44. The van der Waals surface area contributed by atoms with Gasteiger partial charge in [-0.05, 0) is 5.57 Å². The molecule has 0 aromatic heterocycles. The number of hydrogen-bond donors (Lipinski definition) is 2. The van der Waals surface area contributed by atoms with Crippen LogP contribution in [-0.4, -0.2) is 32.5 Å². The molecule has 3 nitrogen and oxygen atoms in total. The molecule has 0 radical (unpaired) electrons. The molecule has 3 heteroatoms. The van der Waals surface area contributed by atoms with Crippen LogP contribution in [0, 0.1) is 0 Å². The Labute approximate surface area is 60.2 Å². The number of amidine groups is 1. The maximum absolute atomic E-state index is 4.14. The standard InChI is InChI=1S/C7H11N3/c1-8-7-6-4-9-2-5(6)3-10-7/h9H,2-4H2,1H3,(H,8,10). The summed E-state index contributed by atoms with van der Waals surface area (Å²) in [6, 6.07) is 0. The van der Waals surface area contributed by atoms with Crippen LogP contribution < -0.4 is 10.6 Å². The zero-order valence-corrected chi connectivity index (χ0v) is 6.07. The molecule has 0 saturated carbocycles. The van der Waals surface area contributed by atoms with E-state index in [0.717, 1.165) is 25.5 Å². The number of aliphatic imine (C=N–C) groups is 1. The maximum Gasteiger partial charge on any atom is 0.125 e. The zero-order valence-electron chi connectivity index (χ0n) is 6.07. The average molecular weight is 137 g/mol. The molecule has 0 saturated heterocycles. The lowest BCUT2D eigenvalue weighted by molar-refractivity contribution is 0.833. The van der Waals surface area contributed by atoms with Gasteiger partial charge in [-0.15, -0.1) is 0 Å². The minimum atomic E-state index is 0.995. The predicted octanol–water partition coefficient (Wildman–Crippen LogP) is -0.482. The third-order valence-corrected chi connectivity index (χ3v) is 2.05. The van der Waals surface area contributed by atoms with E-state index >= 15 is 0 Å². The van der Waals surface area contributed by atoms with Gasteiger partial charge in [0.15, 0.2) is 0 Å². The predicted molar refractivity (Wildman–Crippen MR) is 41.3 cm³/mol. The van der Waals surface area contributed by atoms with E-state index in [2.05, 4.69) is 15.6 Å². The van der Waals surface area contributed by atoms with Crippen molar-refractivity contribution in [2.45, 2.75) is 0 Å². The molecule has 0 fully saturated rings. The molecule has 0 amide bonds. The van der Waals surface area contributed by atoms with Crippen LogP contribution in [0.4, 0.5) is 0 Å². The summed E-state index contributed by atoms with van der Waals surface area (Å²) in [5, 5.41) is 6.54. The summed E-state index contributed by atoms with van der Waals surface area (Å²) in [6.45, 7) is 3.03. The van der Waals surface area contributed by atoms with Crippen LogP contribution in [0.2, 0.25) is 0 Å². The summed E-state index contributed by atoms with van der Waals surface area (Å²) in [5.41, 5.74) is 2.88. The fourth-order valence-corrected chi connectivity index (χ4v) is 1.50. The van der Waals surface area contributed by atoms with Crippen LogP contribution in [-0.2, 0) is 0 Å². The van der Waals surface area contributed by atoms with Gasteiger partial charge in [0, 0.05) is 32.3 Å². The van der Waals surface area contributed by atoms with Gasteiger partial charge in [-0.25, -0.2) is 0 Å².